The highest BCUT2D eigenvalue weighted by Gasteiger charge is 2.31. The summed E-state index contributed by atoms with van der Waals surface area (Å²) in [5, 5.41) is 2.11. The van der Waals surface area contributed by atoms with Crippen molar-refractivity contribution in [3.8, 4) is 0 Å². The average molecular weight is 353 g/mol. The molecular formula is C21H23NO2S. The molecule has 0 radical (unpaired) electrons. The number of amides is 1. The van der Waals surface area contributed by atoms with Crippen LogP contribution in [0, 0.1) is 0 Å². The summed E-state index contributed by atoms with van der Waals surface area (Å²) in [4.78, 5) is 28.7. The summed E-state index contributed by atoms with van der Waals surface area (Å²) in [6.45, 7) is 0.839. The van der Waals surface area contributed by atoms with Crippen LogP contribution in [0.3, 0.4) is 0 Å². The largest absolute Gasteiger partial charge is 0.336 e. The summed E-state index contributed by atoms with van der Waals surface area (Å²) in [5.74, 6) is 0.306. The van der Waals surface area contributed by atoms with Gasteiger partial charge in [-0.15, -0.1) is 11.3 Å². The third-order valence-corrected chi connectivity index (χ3v) is 6.44. The number of ketones is 1. The first-order valence-electron chi connectivity index (χ1n) is 9.22. The van der Waals surface area contributed by atoms with Crippen molar-refractivity contribution < 1.29 is 9.59 Å². The van der Waals surface area contributed by atoms with E-state index in [0.29, 0.717) is 18.9 Å². The van der Waals surface area contributed by atoms with E-state index in [0.717, 1.165) is 48.9 Å². The smallest absolute Gasteiger partial charge is 0.254 e. The Morgan fingerprint density at radius 1 is 1.16 bits per heavy atom. The Balaban J connectivity index is 1.54. The third kappa shape index (κ3) is 3.28. The van der Waals surface area contributed by atoms with E-state index in [1.54, 1.807) is 11.3 Å². The molecule has 0 N–H and O–H groups in total. The quantitative estimate of drug-likeness (QED) is 0.811. The lowest BCUT2D eigenvalue weighted by Crippen LogP contribution is -2.44. The number of thiophene rings is 1. The lowest BCUT2D eigenvalue weighted by atomic mass is 9.95. The molecule has 2 aliphatic rings. The van der Waals surface area contributed by atoms with E-state index in [1.165, 1.54) is 11.3 Å². The number of piperidine rings is 1. The molecule has 4 heteroatoms. The number of nitrogens with zero attached hydrogens (tertiary/aromatic N) is 1. The van der Waals surface area contributed by atoms with Crippen LogP contribution in [0.4, 0.5) is 0 Å². The summed E-state index contributed by atoms with van der Waals surface area (Å²) in [6.07, 6.45) is 6.69. The normalized spacial score (nSPS) is 19.9. The molecule has 1 fully saturated rings. The average Bonchev–Trinajstić information content (AvgIpc) is 3.30. The fourth-order valence-electron chi connectivity index (χ4n) is 4.18. The minimum absolute atomic E-state index is 0.127. The molecule has 1 aliphatic carbocycles. The van der Waals surface area contributed by atoms with Crippen molar-refractivity contribution in [3.63, 3.8) is 0 Å². The predicted octanol–water partition coefficient (Wildman–Crippen LogP) is 4.50. The number of hydrogen-bond acceptors (Lipinski definition) is 3. The first-order valence-corrected chi connectivity index (χ1v) is 10.1. The van der Waals surface area contributed by atoms with Gasteiger partial charge in [0.15, 0.2) is 5.78 Å². The first-order chi connectivity index (χ1) is 12.2. The summed E-state index contributed by atoms with van der Waals surface area (Å²) in [6, 6.07) is 10.2. The summed E-state index contributed by atoms with van der Waals surface area (Å²) in [5.41, 5.74) is 2.49. The summed E-state index contributed by atoms with van der Waals surface area (Å²) in [7, 11) is 0. The molecule has 4 rings (SSSR count). The van der Waals surface area contributed by atoms with Crippen molar-refractivity contribution >= 4 is 23.0 Å². The Morgan fingerprint density at radius 3 is 2.92 bits per heavy atom. The van der Waals surface area contributed by atoms with Gasteiger partial charge in [0.25, 0.3) is 5.91 Å². The monoisotopic (exact) mass is 353 g/mol. The van der Waals surface area contributed by atoms with Crippen LogP contribution in [0.25, 0.3) is 0 Å². The third-order valence-electron chi connectivity index (χ3n) is 5.50. The van der Waals surface area contributed by atoms with Crippen LogP contribution in [-0.4, -0.2) is 29.2 Å². The molecule has 1 atom stereocenters. The maximum absolute atomic E-state index is 13.3. The van der Waals surface area contributed by atoms with Gasteiger partial charge in [0, 0.05) is 35.0 Å². The minimum Gasteiger partial charge on any atom is -0.336 e. The van der Waals surface area contributed by atoms with Crippen LogP contribution >= 0.6 is 11.3 Å². The second-order valence-corrected chi connectivity index (χ2v) is 8.05. The molecule has 1 aromatic carbocycles. The SMILES string of the molecule is O=C1CCc2c1cccc2C(=O)N1CCCCC1CCc1cccs1. The van der Waals surface area contributed by atoms with Gasteiger partial charge in [0.05, 0.1) is 0 Å². The van der Waals surface area contributed by atoms with Crippen LogP contribution in [0.5, 0.6) is 0 Å². The van der Waals surface area contributed by atoms with Gasteiger partial charge < -0.3 is 4.90 Å². The number of aryl methyl sites for hydroxylation is 1. The number of fused-ring (bicyclic) bond motifs is 1. The van der Waals surface area contributed by atoms with Crippen LogP contribution in [0.15, 0.2) is 35.7 Å². The number of likely N-dealkylation sites (tertiary alicyclic amines) is 1. The van der Waals surface area contributed by atoms with E-state index in [9.17, 15) is 9.59 Å². The van der Waals surface area contributed by atoms with E-state index < -0.39 is 0 Å². The van der Waals surface area contributed by atoms with Gasteiger partial charge >= 0.3 is 0 Å². The number of Topliss-reactive ketones (excluding diaryl/α,β-unsaturated/α-hetero) is 1. The molecule has 0 spiro atoms. The molecule has 1 amide bonds. The number of carbonyl (C=O) groups excluding carboxylic acids is 2. The van der Waals surface area contributed by atoms with Crippen LogP contribution in [-0.2, 0) is 12.8 Å². The Bertz CT molecular complexity index is 781. The molecule has 2 aromatic rings. The van der Waals surface area contributed by atoms with Gasteiger partial charge in [-0.3, -0.25) is 9.59 Å². The zero-order valence-corrected chi connectivity index (χ0v) is 15.2. The Morgan fingerprint density at radius 2 is 2.08 bits per heavy atom. The summed E-state index contributed by atoms with van der Waals surface area (Å²) >= 11 is 1.79. The fourth-order valence-corrected chi connectivity index (χ4v) is 4.90. The lowest BCUT2D eigenvalue weighted by Gasteiger charge is -2.36. The topological polar surface area (TPSA) is 37.4 Å². The van der Waals surface area contributed by atoms with E-state index in [-0.39, 0.29) is 11.7 Å². The maximum Gasteiger partial charge on any atom is 0.254 e. The Labute approximate surface area is 152 Å². The molecule has 1 saturated heterocycles. The predicted molar refractivity (Wildman–Crippen MR) is 100 cm³/mol. The molecule has 0 bridgehead atoms. The number of rotatable bonds is 4. The van der Waals surface area contributed by atoms with Crippen molar-refractivity contribution in [1.29, 1.82) is 0 Å². The highest BCUT2D eigenvalue weighted by atomic mass is 32.1. The zero-order chi connectivity index (χ0) is 17.2. The van der Waals surface area contributed by atoms with E-state index in [2.05, 4.69) is 22.4 Å². The van der Waals surface area contributed by atoms with Crippen LogP contribution in [0.1, 0.15) is 63.3 Å². The number of hydrogen-bond donors (Lipinski definition) is 0. The van der Waals surface area contributed by atoms with Gasteiger partial charge in [0.2, 0.25) is 0 Å². The Kier molecular flexibility index (Phi) is 4.71. The van der Waals surface area contributed by atoms with Crippen molar-refractivity contribution in [2.45, 2.75) is 51.0 Å². The van der Waals surface area contributed by atoms with E-state index >= 15 is 0 Å². The molecular weight excluding hydrogens is 330 g/mol. The molecule has 1 aromatic heterocycles. The molecule has 25 heavy (non-hydrogen) atoms. The van der Waals surface area contributed by atoms with Crippen molar-refractivity contribution in [2.24, 2.45) is 0 Å². The Hall–Kier alpha value is -1.94. The van der Waals surface area contributed by atoms with Gasteiger partial charge in [0.1, 0.15) is 0 Å². The number of carbonyl (C=O) groups is 2. The standard InChI is InChI=1S/C21H23NO2S/c23-20-12-11-17-18(20)7-3-8-19(17)21(24)22-13-2-1-5-15(22)9-10-16-6-4-14-25-16/h3-4,6-8,14-15H,1-2,5,9-13H2. The van der Waals surface area contributed by atoms with Gasteiger partial charge in [-0.05, 0) is 61.6 Å². The molecule has 1 aliphatic heterocycles. The molecule has 0 saturated carbocycles. The highest BCUT2D eigenvalue weighted by molar-refractivity contribution is 7.09. The van der Waals surface area contributed by atoms with E-state index in [4.69, 9.17) is 0 Å². The highest BCUT2D eigenvalue weighted by Crippen LogP contribution is 2.29. The van der Waals surface area contributed by atoms with Crippen LogP contribution < -0.4 is 0 Å². The first kappa shape index (κ1) is 16.5. The van der Waals surface area contributed by atoms with Gasteiger partial charge in [-0.2, -0.15) is 0 Å². The molecule has 3 nitrogen and oxygen atoms in total. The van der Waals surface area contributed by atoms with Crippen molar-refractivity contribution in [3.05, 3.63) is 57.3 Å². The zero-order valence-electron chi connectivity index (χ0n) is 14.4. The van der Waals surface area contributed by atoms with Crippen molar-refractivity contribution in [2.75, 3.05) is 6.54 Å². The second-order valence-electron chi connectivity index (χ2n) is 7.02. The van der Waals surface area contributed by atoms with Gasteiger partial charge in [-0.1, -0.05) is 18.2 Å². The lowest BCUT2D eigenvalue weighted by molar-refractivity contribution is 0.0601. The second kappa shape index (κ2) is 7.12. The number of benzene rings is 1. The van der Waals surface area contributed by atoms with E-state index in [1.807, 2.05) is 18.2 Å². The maximum atomic E-state index is 13.3. The van der Waals surface area contributed by atoms with Crippen LogP contribution in [0.2, 0.25) is 0 Å². The van der Waals surface area contributed by atoms with Gasteiger partial charge in [-0.25, -0.2) is 0 Å². The molecule has 130 valence electrons. The fraction of sp³-hybridized carbons (Fsp3) is 0.429. The molecule has 2 heterocycles. The minimum atomic E-state index is 0.127. The van der Waals surface area contributed by atoms with Crippen molar-refractivity contribution in [1.82, 2.24) is 4.90 Å². The molecule has 1 unspecified atom stereocenters. The summed E-state index contributed by atoms with van der Waals surface area (Å²) < 4.78 is 0.